The first kappa shape index (κ1) is 68.6. The Balaban J connectivity index is 3.93. The van der Waals surface area contributed by atoms with Gasteiger partial charge in [-0.1, -0.05) is 282 Å². The van der Waals surface area contributed by atoms with Gasteiger partial charge in [0.2, 0.25) is 0 Å². The standard InChI is InChI=1S/C65H120O6/c1-4-7-10-13-15-17-19-21-23-25-26-27-28-29-30-31-32-33-34-35-36-37-38-40-41-43-45-47-49-52-55-58-64(67)70-61-62(60-69-63(66)57-54-51-12-9-6-3)71-65(68)59-56-53-50-48-46-44-42-39-24-22-20-18-16-14-11-8-5-2/h16,18,22,24-26,62H,4-15,17,19-21,23,27-61H2,1-3H3/b18-16-,24-22-,26-25-. The number of esters is 3. The van der Waals surface area contributed by atoms with Crippen LogP contribution < -0.4 is 0 Å². The van der Waals surface area contributed by atoms with Gasteiger partial charge in [0.25, 0.3) is 0 Å². The Kier molecular flexibility index (Phi) is 58.2. The van der Waals surface area contributed by atoms with Gasteiger partial charge >= 0.3 is 17.9 Å². The number of allylic oxidation sites excluding steroid dienone is 6. The summed E-state index contributed by atoms with van der Waals surface area (Å²) in [5.41, 5.74) is 0. The molecule has 71 heavy (non-hydrogen) atoms. The van der Waals surface area contributed by atoms with Gasteiger partial charge in [-0.2, -0.15) is 0 Å². The van der Waals surface area contributed by atoms with Crippen LogP contribution in [-0.2, 0) is 28.6 Å². The largest absolute Gasteiger partial charge is 0.462 e. The molecule has 0 rings (SSSR count). The topological polar surface area (TPSA) is 78.9 Å². The summed E-state index contributed by atoms with van der Waals surface area (Å²) in [6.45, 7) is 6.57. The van der Waals surface area contributed by atoms with Gasteiger partial charge in [-0.25, -0.2) is 0 Å². The van der Waals surface area contributed by atoms with Crippen LogP contribution in [0.2, 0.25) is 0 Å². The van der Waals surface area contributed by atoms with Crippen molar-refractivity contribution in [1.82, 2.24) is 0 Å². The van der Waals surface area contributed by atoms with E-state index in [2.05, 4.69) is 57.2 Å². The van der Waals surface area contributed by atoms with Gasteiger partial charge in [0.1, 0.15) is 13.2 Å². The molecular weight excluding hydrogens is 877 g/mol. The third kappa shape index (κ3) is 58.4. The average molecular weight is 998 g/mol. The van der Waals surface area contributed by atoms with E-state index in [1.165, 1.54) is 225 Å². The Morgan fingerprint density at radius 2 is 0.507 bits per heavy atom. The molecule has 0 amide bonds. The summed E-state index contributed by atoms with van der Waals surface area (Å²) in [5.74, 6) is -0.877. The summed E-state index contributed by atoms with van der Waals surface area (Å²) in [4.78, 5) is 37.8. The monoisotopic (exact) mass is 997 g/mol. The highest BCUT2D eigenvalue weighted by atomic mass is 16.6. The average Bonchev–Trinajstić information content (AvgIpc) is 3.37. The van der Waals surface area contributed by atoms with Crippen LogP contribution in [-0.4, -0.2) is 37.2 Å². The van der Waals surface area contributed by atoms with E-state index in [0.29, 0.717) is 19.3 Å². The second-order valence-electron chi connectivity index (χ2n) is 21.3. The number of unbranched alkanes of at least 4 members (excludes halogenated alkanes) is 41. The van der Waals surface area contributed by atoms with Crippen molar-refractivity contribution in [3.63, 3.8) is 0 Å². The molecule has 1 unspecified atom stereocenters. The molecule has 0 saturated carbocycles. The second-order valence-corrected chi connectivity index (χ2v) is 21.3. The molecule has 0 aliphatic rings. The van der Waals surface area contributed by atoms with E-state index in [4.69, 9.17) is 14.2 Å². The lowest BCUT2D eigenvalue weighted by molar-refractivity contribution is -0.167. The third-order valence-electron chi connectivity index (χ3n) is 14.1. The molecule has 0 spiro atoms. The first-order chi connectivity index (χ1) is 35.0. The molecule has 0 heterocycles. The van der Waals surface area contributed by atoms with Crippen molar-refractivity contribution >= 4 is 17.9 Å². The molecule has 0 aliphatic heterocycles. The normalized spacial score (nSPS) is 12.2. The number of hydrogen-bond donors (Lipinski definition) is 0. The Labute approximate surface area is 442 Å². The number of ether oxygens (including phenoxy) is 3. The molecule has 0 aliphatic carbocycles. The van der Waals surface area contributed by atoms with E-state index in [-0.39, 0.29) is 31.1 Å². The minimum atomic E-state index is -0.770. The van der Waals surface area contributed by atoms with Crippen LogP contribution in [0.3, 0.4) is 0 Å². The fraction of sp³-hybridized carbons (Fsp3) is 0.862. The zero-order valence-corrected chi connectivity index (χ0v) is 47.8. The van der Waals surface area contributed by atoms with Gasteiger partial charge in [-0.3, -0.25) is 14.4 Å². The molecule has 0 aromatic carbocycles. The Morgan fingerprint density at radius 1 is 0.282 bits per heavy atom. The minimum Gasteiger partial charge on any atom is -0.462 e. The predicted octanol–water partition coefficient (Wildman–Crippen LogP) is 21.2. The molecule has 0 fully saturated rings. The van der Waals surface area contributed by atoms with Crippen LogP contribution >= 0.6 is 0 Å². The quantitative estimate of drug-likeness (QED) is 0.0261. The van der Waals surface area contributed by atoms with E-state index < -0.39 is 6.10 Å². The Bertz CT molecular complexity index is 1190. The van der Waals surface area contributed by atoms with Gasteiger partial charge in [0.05, 0.1) is 0 Å². The maximum Gasteiger partial charge on any atom is 0.306 e. The van der Waals surface area contributed by atoms with Gasteiger partial charge in [-0.15, -0.1) is 0 Å². The lowest BCUT2D eigenvalue weighted by atomic mass is 10.0. The van der Waals surface area contributed by atoms with E-state index in [1.54, 1.807) is 0 Å². The lowest BCUT2D eigenvalue weighted by Gasteiger charge is -2.18. The molecular formula is C65H120O6. The van der Waals surface area contributed by atoms with E-state index in [1.807, 2.05) is 0 Å². The minimum absolute atomic E-state index is 0.0721. The van der Waals surface area contributed by atoms with Crippen molar-refractivity contribution in [3.05, 3.63) is 36.5 Å². The molecule has 0 aromatic rings. The predicted molar refractivity (Wildman–Crippen MR) is 307 cm³/mol. The van der Waals surface area contributed by atoms with Crippen molar-refractivity contribution in [2.24, 2.45) is 0 Å². The van der Waals surface area contributed by atoms with Crippen molar-refractivity contribution in [1.29, 1.82) is 0 Å². The number of rotatable bonds is 58. The van der Waals surface area contributed by atoms with Crippen molar-refractivity contribution in [2.75, 3.05) is 13.2 Å². The van der Waals surface area contributed by atoms with E-state index in [9.17, 15) is 14.4 Å². The van der Waals surface area contributed by atoms with Crippen LogP contribution in [0.15, 0.2) is 36.5 Å². The highest BCUT2D eigenvalue weighted by Gasteiger charge is 2.19. The summed E-state index contributed by atoms with van der Waals surface area (Å²) < 4.78 is 16.7. The summed E-state index contributed by atoms with van der Waals surface area (Å²) in [5, 5.41) is 0. The van der Waals surface area contributed by atoms with Crippen LogP contribution in [0.25, 0.3) is 0 Å². The summed E-state index contributed by atoms with van der Waals surface area (Å²) >= 11 is 0. The van der Waals surface area contributed by atoms with Crippen LogP contribution in [0.5, 0.6) is 0 Å². The smallest absolute Gasteiger partial charge is 0.306 e. The molecule has 0 aromatic heterocycles. The molecule has 0 N–H and O–H groups in total. The van der Waals surface area contributed by atoms with Crippen LogP contribution in [0.1, 0.15) is 342 Å². The fourth-order valence-corrected chi connectivity index (χ4v) is 9.35. The maximum absolute atomic E-state index is 12.8. The van der Waals surface area contributed by atoms with Gasteiger partial charge in [0.15, 0.2) is 6.10 Å². The fourth-order valence-electron chi connectivity index (χ4n) is 9.35. The van der Waals surface area contributed by atoms with Crippen molar-refractivity contribution in [3.8, 4) is 0 Å². The molecule has 6 heteroatoms. The van der Waals surface area contributed by atoms with E-state index in [0.717, 1.165) is 77.0 Å². The van der Waals surface area contributed by atoms with Gasteiger partial charge in [0, 0.05) is 19.3 Å². The summed E-state index contributed by atoms with van der Waals surface area (Å²) in [6.07, 6.45) is 73.6. The molecule has 0 radical (unpaired) electrons. The van der Waals surface area contributed by atoms with Crippen molar-refractivity contribution in [2.45, 2.75) is 348 Å². The zero-order valence-electron chi connectivity index (χ0n) is 47.8. The summed E-state index contributed by atoms with van der Waals surface area (Å²) in [6, 6.07) is 0. The Hall–Kier alpha value is -2.37. The van der Waals surface area contributed by atoms with Crippen LogP contribution in [0.4, 0.5) is 0 Å². The highest BCUT2D eigenvalue weighted by molar-refractivity contribution is 5.71. The van der Waals surface area contributed by atoms with E-state index >= 15 is 0 Å². The van der Waals surface area contributed by atoms with Crippen LogP contribution in [0, 0.1) is 0 Å². The summed E-state index contributed by atoms with van der Waals surface area (Å²) in [7, 11) is 0. The number of carbonyl (C=O) groups is 3. The zero-order chi connectivity index (χ0) is 51.4. The molecule has 0 bridgehead atoms. The first-order valence-electron chi connectivity index (χ1n) is 31.5. The lowest BCUT2D eigenvalue weighted by Crippen LogP contribution is -2.30. The molecule has 0 saturated heterocycles. The first-order valence-corrected chi connectivity index (χ1v) is 31.5. The van der Waals surface area contributed by atoms with Gasteiger partial charge < -0.3 is 14.2 Å². The second kappa shape index (κ2) is 60.2. The highest BCUT2D eigenvalue weighted by Crippen LogP contribution is 2.17. The van der Waals surface area contributed by atoms with Crippen molar-refractivity contribution < 1.29 is 28.6 Å². The SMILES string of the molecule is CCCCC/C=C\C/C=C\CCCCCCCCCC(=O)OC(COC(=O)CCCCCCC)COC(=O)CCCCCCCCCCCCCCCCCCCCC/C=C\CCCCCCCCCC. The molecule has 416 valence electrons. The van der Waals surface area contributed by atoms with Gasteiger partial charge in [-0.05, 0) is 77.0 Å². The maximum atomic E-state index is 12.8. The number of carbonyl (C=O) groups excluding carboxylic acids is 3. The molecule has 1 atom stereocenters. The number of hydrogen-bond acceptors (Lipinski definition) is 6. The molecule has 6 nitrogen and oxygen atoms in total. The third-order valence-corrected chi connectivity index (χ3v) is 14.1. The Morgan fingerprint density at radius 3 is 0.817 bits per heavy atom.